The van der Waals surface area contributed by atoms with E-state index in [-0.39, 0.29) is 18.2 Å². The highest BCUT2D eigenvalue weighted by atomic mass is 32.2. The van der Waals surface area contributed by atoms with E-state index in [0.29, 0.717) is 13.0 Å². The fraction of sp³-hybridized carbons (Fsp3) is 0.464. The summed E-state index contributed by atoms with van der Waals surface area (Å²) in [6.07, 6.45) is 12.8. The molecule has 0 aliphatic carbocycles. The Balaban J connectivity index is 1.37. The van der Waals surface area contributed by atoms with Crippen molar-refractivity contribution >= 4 is 29.5 Å². The molecule has 3 aliphatic heterocycles. The summed E-state index contributed by atoms with van der Waals surface area (Å²) in [6, 6.07) is 8.29. The summed E-state index contributed by atoms with van der Waals surface area (Å²) in [7, 11) is 0. The summed E-state index contributed by atoms with van der Waals surface area (Å²) in [4.78, 5) is 42.0. The lowest BCUT2D eigenvalue weighted by Crippen LogP contribution is -2.54. The minimum Gasteiger partial charge on any atom is -0.323 e. The van der Waals surface area contributed by atoms with E-state index in [1.54, 1.807) is 22.7 Å². The quantitative estimate of drug-likeness (QED) is 0.582. The first-order chi connectivity index (χ1) is 17.0. The lowest BCUT2D eigenvalue weighted by Gasteiger charge is -2.32. The van der Waals surface area contributed by atoms with Crippen LogP contribution >= 0.6 is 11.8 Å². The highest BCUT2D eigenvalue weighted by Crippen LogP contribution is 2.28. The van der Waals surface area contributed by atoms with Crippen molar-refractivity contribution in [3.63, 3.8) is 0 Å². The number of likely N-dealkylation sites (tertiary alicyclic amines) is 1. The first kappa shape index (κ1) is 25.5. The molecule has 0 radical (unpaired) electrons. The third-order valence-corrected chi connectivity index (χ3v) is 8.15. The van der Waals surface area contributed by atoms with E-state index in [2.05, 4.69) is 34.5 Å². The van der Waals surface area contributed by atoms with Crippen molar-refractivity contribution in [2.24, 2.45) is 0 Å². The van der Waals surface area contributed by atoms with Gasteiger partial charge in [0.15, 0.2) is 0 Å². The Kier molecular flexibility index (Phi) is 8.99. The molecule has 4 rings (SSSR count). The van der Waals surface area contributed by atoms with Gasteiger partial charge in [0.2, 0.25) is 17.7 Å². The van der Waals surface area contributed by atoms with Crippen LogP contribution in [-0.4, -0.2) is 59.7 Å². The number of nitrogens with one attached hydrogen (secondary N) is 1. The lowest BCUT2D eigenvalue weighted by molar-refractivity contribution is -0.143. The summed E-state index contributed by atoms with van der Waals surface area (Å²) in [5.41, 5.74) is 3.68. The Bertz CT molecular complexity index is 1020. The SMILES string of the molecule is C\C1=C(SCc2ccc(CCN3CCCCC3)cc2)/C=C\C=C\C(=O)N(C2CCC(=O)NC2=O)C1. The molecule has 1 aromatic carbocycles. The predicted molar refractivity (Wildman–Crippen MR) is 141 cm³/mol. The Hall–Kier alpha value is -2.64. The van der Waals surface area contributed by atoms with Gasteiger partial charge in [-0.15, -0.1) is 11.8 Å². The predicted octanol–water partition coefficient (Wildman–Crippen LogP) is 3.98. The Morgan fingerprint density at radius 2 is 1.69 bits per heavy atom. The normalized spacial score (nSPS) is 26.0. The maximum atomic E-state index is 12.8. The number of rotatable bonds is 7. The van der Waals surface area contributed by atoms with Gasteiger partial charge in [-0.3, -0.25) is 19.7 Å². The van der Waals surface area contributed by atoms with Gasteiger partial charge in [0.05, 0.1) is 0 Å². The second kappa shape index (κ2) is 12.4. The van der Waals surface area contributed by atoms with Crippen molar-refractivity contribution in [2.75, 3.05) is 26.2 Å². The minimum absolute atomic E-state index is 0.213. The number of imide groups is 1. The number of carbonyl (C=O) groups is 3. The summed E-state index contributed by atoms with van der Waals surface area (Å²) >= 11 is 1.74. The van der Waals surface area contributed by atoms with Crippen LogP contribution in [0.15, 0.2) is 59.0 Å². The molecule has 0 aromatic heterocycles. The molecular weight excluding hydrogens is 458 g/mol. The molecule has 2 saturated heterocycles. The van der Waals surface area contributed by atoms with Gasteiger partial charge in [0.25, 0.3) is 0 Å². The lowest BCUT2D eigenvalue weighted by atomic mass is 10.0. The molecule has 1 unspecified atom stereocenters. The number of thioether (sulfide) groups is 1. The van der Waals surface area contributed by atoms with Crippen molar-refractivity contribution < 1.29 is 14.4 Å². The van der Waals surface area contributed by atoms with E-state index in [1.807, 2.05) is 19.1 Å². The molecule has 3 aliphatic rings. The van der Waals surface area contributed by atoms with Gasteiger partial charge in [-0.2, -0.15) is 0 Å². The largest absolute Gasteiger partial charge is 0.323 e. The summed E-state index contributed by atoms with van der Waals surface area (Å²) in [6.45, 7) is 5.98. The molecule has 0 bridgehead atoms. The van der Waals surface area contributed by atoms with E-state index in [0.717, 1.165) is 29.2 Å². The second-order valence-corrected chi connectivity index (χ2v) is 10.6. The number of piperidine rings is 2. The monoisotopic (exact) mass is 493 g/mol. The van der Waals surface area contributed by atoms with Gasteiger partial charge < -0.3 is 9.80 Å². The standard InChI is InChI=1S/C28H35N3O3S/c1-21-19-31(24-13-14-26(32)29-28(24)34)27(33)8-4-3-7-25(21)35-20-23-11-9-22(10-12-23)15-18-30-16-5-2-6-17-30/h3-4,7-12,24H,2,5-6,13-20H2,1H3,(H,29,32,34)/b7-3-,8-4+,25-21-. The van der Waals surface area contributed by atoms with Crippen molar-refractivity contribution in [1.29, 1.82) is 0 Å². The summed E-state index contributed by atoms with van der Waals surface area (Å²) < 4.78 is 0. The number of amides is 3. The van der Waals surface area contributed by atoms with Crippen LogP contribution in [0, 0.1) is 0 Å². The average molecular weight is 494 g/mol. The maximum Gasteiger partial charge on any atom is 0.249 e. The van der Waals surface area contributed by atoms with Gasteiger partial charge in [-0.05, 0) is 68.5 Å². The van der Waals surface area contributed by atoms with Crippen LogP contribution in [0.5, 0.6) is 0 Å². The van der Waals surface area contributed by atoms with Gasteiger partial charge in [0, 0.05) is 36.2 Å². The third-order valence-electron chi connectivity index (χ3n) is 6.88. The van der Waals surface area contributed by atoms with Crippen LogP contribution < -0.4 is 5.32 Å². The number of carbonyl (C=O) groups excluding carboxylic acids is 3. The third kappa shape index (κ3) is 7.18. The van der Waals surface area contributed by atoms with Crippen LogP contribution in [-0.2, 0) is 26.6 Å². The first-order valence-corrected chi connectivity index (χ1v) is 13.6. The van der Waals surface area contributed by atoms with Crippen LogP contribution in [0.4, 0.5) is 0 Å². The number of hydrogen-bond acceptors (Lipinski definition) is 5. The zero-order valence-corrected chi connectivity index (χ0v) is 21.3. The molecule has 35 heavy (non-hydrogen) atoms. The number of benzene rings is 1. The molecule has 6 nitrogen and oxygen atoms in total. The Morgan fingerprint density at radius 1 is 0.971 bits per heavy atom. The van der Waals surface area contributed by atoms with E-state index >= 15 is 0 Å². The van der Waals surface area contributed by atoms with Gasteiger partial charge in [-0.25, -0.2) is 0 Å². The molecule has 1 aromatic rings. The number of allylic oxidation sites excluding steroid dienone is 3. The average Bonchev–Trinajstić information content (AvgIpc) is 2.93. The van der Waals surface area contributed by atoms with E-state index in [9.17, 15) is 14.4 Å². The maximum absolute atomic E-state index is 12.8. The molecule has 2 fully saturated rings. The molecule has 0 saturated carbocycles. The van der Waals surface area contributed by atoms with E-state index < -0.39 is 11.9 Å². The zero-order valence-electron chi connectivity index (χ0n) is 20.5. The second-order valence-electron chi connectivity index (χ2n) is 9.55. The van der Waals surface area contributed by atoms with Crippen LogP contribution in [0.1, 0.15) is 50.2 Å². The highest BCUT2D eigenvalue weighted by Gasteiger charge is 2.34. The Morgan fingerprint density at radius 3 is 2.43 bits per heavy atom. The summed E-state index contributed by atoms with van der Waals surface area (Å²) in [5.74, 6) is -0.0480. The van der Waals surface area contributed by atoms with E-state index in [4.69, 9.17) is 0 Å². The van der Waals surface area contributed by atoms with Gasteiger partial charge >= 0.3 is 0 Å². The van der Waals surface area contributed by atoms with Crippen molar-refractivity contribution in [3.8, 4) is 0 Å². The highest BCUT2D eigenvalue weighted by molar-refractivity contribution is 8.02. The molecule has 3 amide bonds. The van der Waals surface area contributed by atoms with Crippen molar-refractivity contribution in [1.82, 2.24) is 15.1 Å². The first-order valence-electron chi connectivity index (χ1n) is 12.6. The number of nitrogens with zero attached hydrogens (tertiary/aromatic N) is 2. The fourth-order valence-electron chi connectivity index (χ4n) is 4.78. The van der Waals surface area contributed by atoms with Crippen molar-refractivity contribution in [2.45, 2.75) is 57.2 Å². The zero-order chi connectivity index (χ0) is 24.6. The van der Waals surface area contributed by atoms with Crippen molar-refractivity contribution in [3.05, 3.63) is 70.2 Å². The van der Waals surface area contributed by atoms with Crippen LogP contribution in [0.25, 0.3) is 0 Å². The van der Waals surface area contributed by atoms with Gasteiger partial charge in [-0.1, -0.05) is 42.8 Å². The smallest absolute Gasteiger partial charge is 0.249 e. The molecule has 1 N–H and O–H groups in total. The molecule has 0 spiro atoms. The molecule has 7 heteroatoms. The van der Waals surface area contributed by atoms with E-state index in [1.165, 1.54) is 49.6 Å². The summed E-state index contributed by atoms with van der Waals surface area (Å²) in [5, 5.41) is 2.37. The molecule has 186 valence electrons. The van der Waals surface area contributed by atoms with Crippen LogP contribution in [0.3, 0.4) is 0 Å². The number of hydrogen-bond donors (Lipinski definition) is 1. The topological polar surface area (TPSA) is 69.7 Å². The van der Waals surface area contributed by atoms with Gasteiger partial charge in [0.1, 0.15) is 6.04 Å². The molecule has 1 atom stereocenters. The molecule has 3 heterocycles. The Labute approximate surface area is 212 Å². The fourth-order valence-corrected chi connectivity index (χ4v) is 5.78. The molecular formula is C28H35N3O3S. The minimum atomic E-state index is -0.623. The van der Waals surface area contributed by atoms with Crippen LogP contribution in [0.2, 0.25) is 0 Å².